The molecule has 0 saturated carbocycles. The maximum absolute atomic E-state index is 13.0. The lowest BCUT2D eigenvalue weighted by Gasteiger charge is -2.36. The second-order valence-electron chi connectivity index (χ2n) is 8.32. The zero-order chi connectivity index (χ0) is 20.5. The summed E-state index contributed by atoms with van der Waals surface area (Å²) >= 11 is 0. The number of carbonyl (C=O) groups excluding carboxylic acids is 1. The van der Waals surface area contributed by atoms with Gasteiger partial charge in [0.25, 0.3) is 5.91 Å². The highest BCUT2D eigenvalue weighted by Gasteiger charge is 2.25. The molecule has 3 aromatic rings. The van der Waals surface area contributed by atoms with E-state index in [4.69, 9.17) is 0 Å². The van der Waals surface area contributed by atoms with Gasteiger partial charge in [0.2, 0.25) is 0 Å². The second-order valence-corrected chi connectivity index (χ2v) is 8.32. The van der Waals surface area contributed by atoms with Crippen LogP contribution >= 0.6 is 0 Å². The molecular weight excluding hydrogens is 376 g/mol. The summed E-state index contributed by atoms with van der Waals surface area (Å²) in [5.74, 6) is 1.95. The van der Waals surface area contributed by atoms with Crippen molar-refractivity contribution in [2.24, 2.45) is 0 Å². The summed E-state index contributed by atoms with van der Waals surface area (Å²) in [7, 11) is 0. The number of piperidine rings is 1. The van der Waals surface area contributed by atoms with Gasteiger partial charge >= 0.3 is 0 Å². The molecule has 1 atom stereocenters. The maximum Gasteiger partial charge on any atom is 0.256 e. The van der Waals surface area contributed by atoms with Gasteiger partial charge in [-0.05, 0) is 44.4 Å². The van der Waals surface area contributed by atoms with Crippen molar-refractivity contribution >= 4 is 28.4 Å². The number of nitrogens with zero attached hydrogens (tertiary/aromatic N) is 5. The molecule has 0 spiro atoms. The summed E-state index contributed by atoms with van der Waals surface area (Å²) in [6.07, 6.45) is 5.56. The van der Waals surface area contributed by atoms with Crippen LogP contribution in [0.2, 0.25) is 0 Å². The van der Waals surface area contributed by atoms with E-state index < -0.39 is 0 Å². The predicted octanol–water partition coefficient (Wildman–Crippen LogP) is 3.30. The number of fused-ring (bicyclic) bond motifs is 1. The Kier molecular flexibility index (Phi) is 5.02. The van der Waals surface area contributed by atoms with E-state index in [2.05, 4.69) is 44.0 Å². The Hall–Kier alpha value is -3.09. The molecule has 5 rings (SSSR count). The van der Waals surface area contributed by atoms with Crippen LogP contribution in [-0.4, -0.2) is 64.8 Å². The molecule has 2 aliphatic heterocycles. The van der Waals surface area contributed by atoms with E-state index in [-0.39, 0.29) is 5.91 Å². The van der Waals surface area contributed by atoms with E-state index in [9.17, 15) is 4.79 Å². The van der Waals surface area contributed by atoms with Crippen LogP contribution in [-0.2, 0) is 0 Å². The normalized spacial score (nSPS) is 20.0. The van der Waals surface area contributed by atoms with Gasteiger partial charge in [0.15, 0.2) is 11.6 Å². The first kappa shape index (κ1) is 18.9. The van der Waals surface area contributed by atoms with Gasteiger partial charge in [-0.2, -0.15) is 0 Å². The van der Waals surface area contributed by atoms with Gasteiger partial charge in [0, 0.05) is 55.9 Å². The molecule has 1 aromatic carbocycles. The van der Waals surface area contributed by atoms with Crippen molar-refractivity contribution in [1.29, 1.82) is 0 Å². The number of hydrogen-bond acceptors (Lipinski definition) is 5. The zero-order valence-corrected chi connectivity index (χ0v) is 17.4. The summed E-state index contributed by atoms with van der Waals surface area (Å²) in [5, 5.41) is 9.99. The fourth-order valence-corrected chi connectivity index (χ4v) is 4.64. The molecule has 30 heavy (non-hydrogen) atoms. The first-order valence-electron chi connectivity index (χ1n) is 10.9. The number of anilines is 2. The Morgan fingerprint density at radius 3 is 2.50 bits per heavy atom. The standard InChI is InChI=1S/C23H28N6O/c1-17-6-4-5-11-29(17)22-10-9-21(25-26-22)27-12-14-28(15-13-27)23(30)19-16-24-20-8-3-2-7-18(19)20/h2-3,7-10,16-17,24H,4-6,11-15H2,1H3/t17-/m1/s1. The van der Waals surface area contributed by atoms with Gasteiger partial charge in [-0.3, -0.25) is 4.79 Å². The molecule has 2 aliphatic rings. The Balaban J connectivity index is 1.23. The third kappa shape index (κ3) is 3.49. The van der Waals surface area contributed by atoms with Crippen molar-refractivity contribution in [2.45, 2.75) is 32.2 Å². The number of amides is 1. The van der Waals surface area contributed by atoms with Crippen molar-refractivity contribution in [3.05, 3.63) is 48.2 Å². The van der Waals surface area contributed by atoms with E-state index in [1.165, 1.54) is 19.3 Å². The summed E-state index contributed by atoms with van der Waals surface area (Å²) in [5.41, 5.74) is 1.75. The number of aromatic nitrogens is 3. The number of para-hydroxylation sites is 1. The van der Waals surface area contributed by atoms with E-state index >= 15 is 0 Å². The van der Waals surface area contributed by atoms with Gasteiger partial charge in [-0.25, -0.2) is 0 Å². The molecule has 1 amide bonds. The molecule has 4 heterocycles. The minimum Gasteiger partial charge on any atom is -0.360 e. The average Bonchev–Trinajstić information content (AvgIpc) is 3.23. The topological polar surface area (TPSA) is 68.4 Å². The number of aromatic amines is 1. The SMILES string of the molecule is C[C@@H]1CCCCN1c1ccc(N2CCN(C(=O)c3c[nH]c4ccccc34)CC2)nn1. The summed E-state index contributed by atoms with van der Waals surface area (Å²) in [6, 6.07) is 12.6. The number of nitrogens with one attached hydrogen (secondary N) is 1. The fourth-order valence-electron chi connectivity index (χ4n) is 4.64. The van der Waals surface area contributed by atoms with Crippen LogP contribution in [0.3, 0.4) is 0 Å². The summed E-state index contributed by atoms with van der Waals surface area (Å²) < 4.78 is 0. The molecule has 0 aliphatic carbocycles. The monoisotopic (exact) mass is 404 g/mol. The third-order valence-corrected chi connectivity index (χ3v) is 6.44. The summed E-state index contributed by atoms with van der Waals surface area (Å²) in [4.78, 5) is 22.7. The maximum atomic E-state index is 13.0. The van der Waals surface area contributed by atoms with Gasteiger partial charge in [0.05, 0.1) is 5.56 Å². The highest BCUT2D eigenvalue weighted by Crippen LogP contribution is 2.24. The number of piperazine rings is 1. The number of hydrogen-bond donors (Lipinski definition) is 1. The summed E-state index contributed by atoms with van der Waals surface area (Å²) in [6.45, 7) is 6.23. The molecule has 2 fully saturated rings. The quantitative estimate of drug-likeness (QED) is 0.725. The van der Waals surface area contributed by atoms with Crippen LogP contribution < -0.4 is 9.80 Å². The van der Waals surface area contributed by atoms with E-state index in [1.54, 1.807) is 0 Å². The predicted molar refractivity (Wildman–Crippen MR) is 119 cm³/mol. The number of benzene rings is 1. The van der Waals surface area contributed by atoms with Crippen LogP contribution in [0.25, 0.3) is 10.9 Å². The largest absolute Gasteiger partial charge is 0.360 e. The van der Waals surface area contributed by atoms with Gasteiger partial charge in [-0.1, -0.05) is 18.2 Å². The minimum absolute atomic E-state index is 0.0904. The first-order valence-corrected chi connectivity index (χ1v) is 10.9. The van der Waals surface area contributed by atoms with Crippen LogP contribution in [0.1, 0.15) is 36.5 Å². The fraction of sp³-hybridized carbons (Fsp3) is 0.435. The van der Waals surface area contributed by atoms with Gasteiger partial charge in [0.1, 0.15) is 0 Å². The van der Waals surface area contributed by atoms with Gasteiger partial charge in [-0.15, -0.1) is 10.2 Å². The van der Waals surface area contributed by atoms with E-state index in [1.807, 2.05) is 35.4 Å². The van der Waals surface area contributed by atoms with Crippen molar-refractivity contribution in [1.82, 2.24) is 20.1 Å². The molecular formula is C23H28N6O. The molecule has 0 radical (unpaired) electrons. The van der Waals surface area contributed by atoms with E-state index in [0.717, 1.165) is 47.7 Å². The molecule has 156 valence electrons. The lowest BCUT2D eigenvalue weighted by molar-refractivity contribution is 0.0748. The lowest BCUT2D eigenvalue weighted by Crippen LogP contribution is -2.49. The minimum atomic E-state index is 0.0904. The van der Waals surface area contributed by atoms with Crippen LogP contribution in [0.15, 0.2) is 42.6 Å². The molecule has 7 nitrogen and oxygen atoms in total. The number of rotatable bonds is 3. The highest BCUT2D eigenvalue weighted by atomic mass is 16.2. The van der Waals surface area contributed by atoms with Crippen molar-refractivity contribution < 1.29 is 4.79 Å². The van der Waals surface area contributed by atoms with Crippen molar-refractivity contribution in [2.75, 3.05) is 42.5 Å². The third-order valence-electron chi connectivity index (χ3n) is 6.44. The smallest absolute Gasteiger partial charge is 0.256 e. The number of H-pyrrole nitrogens is 1. The zero-order valence-electron chi connectivity index (χ0n) is 17.4. The van der Waals surface area contributed by atoms with Crippen molar-refractivity contribution in [3.63, 3.8) is 0 Å². The average molecular weight is 405 g/mol. The molecule has 2 saturated heterocycles. The first-order chi connectivity index (χ1) is 14.7. The Labute approximate surface area is 176 Å². The van der Waals surface area contributed by atoms with Gasteiger partial charge < -0.3 is 19.7 Å². The highest BCUT2D eigenvalue weighted by molar-refractivity contribution is 6.06. The second kappa shape index (κ2) is 7.97. The van der Waals surface area contributed by atoms with E-state index in [0.29, 0.717) is 19.1 Å². The van der Waals surface area contributed by atoms with Crippen molar-refractivity contribution in [3.8, 4) is 0 Å². The Bertz CT molecular complexity index is 1020. The van der Waals surface area contributed by atoms with Crippen LogP contribution in [0.4, 0.5) is 11.6 Å². The Morgan fingerprint density at radius 1 is 0.967 bits per heavy atom. The number of carbonyl (C=O) groups is 1. The molecule has 2 aromatic heterocycles. The van der Waals surface area contributed by atoms with Crippen LogP contribution in [0.5, 0.6) is 0 Å². The molecule has 1 N–H and O–H groups in total. The molecule has 0 bridgehead atoms. The molecule has 7 heteroatoms. The molecule has 0 unspecified atom stereocenters. The lowest BCUT2D eigenvalue weighted by atomic mass is 10.0. The van der Waals surface area contributed by atoms with Crippen LogP contribution in [0, 0.1) is 0 Å². The Morgan fingerprint density at radius 2 is 1.73 bits per heavy atom.